The van der Waals surface area contributed by atoms with Crippen LogP contribution in [0.15, 0.2) is 67.1 Å². The molecule has 2 aliphatic heterocycles. The zero-order valence-corrected chi connectivity index (χ0v) is 29.6. The van der Waals surface area contributed by atoms with Gasteiger partial charge < -0.3 is 26.2 Å². The van der Waals surface area contributed by atoms with Gasteiger partial charge in [0.05, 0.1) is 29.3 Å². The molecule has 6 rings (SSSR count). The van der Waals surface area contributed by atoms with E-state index in [9.17, 15) is 50.8 Å². The highest BCUT2D eigenvalue weighted by molar-refractivity contribution is 6.41. The average Bonchev–Trinajstić information content (AvgIpc) is 3.16. The van der Waals surface area contributed by atoms with E-state index >= 15 is 0 Å². The average molecular weight is 802 g/mol. The van der Waals surface area contributed by atoms with Gasteiger partial charge in [-0.1, -0.05) is 23.7 Å². The number of alkyl halides is 6. The van der Waals surface area contributed by atoms with Crippen LogP contribution in [-0.2, 0) is 27.2 Å². The van der Waals surface area contributed by atoms with Crippen LogP contribution < -0.4 is 21.3 Å². The second-order valence-corrected chi connectivity index (χ2v) is 12.9. The normalized spacial score (nSPS) is 14.1. The van der Waals surface area contributed by atoms with Crippen LogP contribution >= 0.6 is 11.6 Å². The summed E-state index contributed by atoms with van der Waals surface area (Å²) in [7, 11) is 0. The highest BCUT2D eigenvalue weighted by Crippen LogP contribution is 2.30. The monoisotopic (exact) mass is 801 g/mol. The lowest BCUT2D eigenvalue weighted by molar-refractivity contribution is -0.193. The molecule has 0 unspecified atom stereocenters. The molecule has 1 saturated heterocycles. The number of halogens is 7. The van der Waals surface area contributed by atoms with Crippen LogP contribution in [0.3, 0.4) is 0 Å². The van der Waals surface area contributed by atoms with E-state index < -0.39 is 23.9 Å². The van der Waals surface area contributed by atoms with Gasteiger partial charge in [-0.3, -0.25) is 19.4 Å². The molecular weight excluding hydrogens is 772 g/mol. The molecule has 1 fully saturated rings. The Morgan fingerprint density at radius 3 is 2.23 bits per heavy atom. The van der Waals surface area contributed by atoms with Crippen LogP contribution in [0.1, 0.15) is 36.0 Å². The number of carbonyl (C=O) groups is 4. The first-order chi connectivity index (χ1) is 26.5. The number of Topliss-reactive ketones (excluding diaryl/α,β-unsaturated/α-hetero) is 2. The van der Waals surface area contributed by atoms with Crippen LogP contribution in [0, 0.1) is 17.2 Å². The molecule has 4 heterocycles. The molecule has 2 aromatic heterocycles. The summed E-state index contributed by atoms with van der Waals surface area (Å²) >= 11 is 6.38. The van der Waals surface area contributed by atoms with Crippen LogP contribution in [0.5, 0.6) is 0 Å². The van der Waals surface area contributed by atoms with Gasteiger partial charge in [-0.2, -0.15) is 36.6 Å². The minimum Gasteiger partial charge on any atom is -0.339 e. The number of likely N-dealkylation sites (tertiary alicyclic amines) is 1. The number of ketones is 2. The lowest BCUT2D eigenvalue weighted by Gasteiger charge is -2.32. The van der Waals surface area contributed by atoms with Gasteiger partial charge in [-0.25, -0.2) is 9.78 Å². The number of hydrogen-bond acceptors (Lipinski definition) is 10. The molecule has 3 amide bonds. The van der Waals surface area contributed by atoms with Gasteiger partial charge in [-0.15, -0.1) is 0 Å². The number of benzene rings is 2. The van der Waals surface area contributed by atoms with Crippen LogP contribution in [0.2, 0.25) is 5.02 Å². The molecule has 0 atom stereocenters. The Hall–Kier alpha value is -6.29. The number of nitrogens with zero attached hydrogens (tertiary/aromatic N) is 5. The van der Waals surface area contributed by atoms with Crippen molar-refractivity contribution < 1.29 is 45.5 Å². The van der Waals surface area contributed by atoms with E-state index in [0.29, 0.717) is 60.4 Å². The molecule has 2 aliphatic rings. The summed E-state index contributed by atoms with van der Waals surface area (Å²) in [4.78, 5) is 60.1. The van der Waals surface area contributed by atoms with Crippen molar-refractivity contribution in [1.29, 1.82) is 5.26 Å². The number of fused-ring (bicyclic) bond motifs is 6. The summed E-state index contributed by atoms with van der Waals surface area (Å²) in [5, 5.41) is 22.1. The van der Waals surface area contributed by atoms with Crippen LogP contribution in [0.4, 0.5) is 65.7 Å². The van der Waals surface area contributed by atoms with Gasteiger partial charge >= 0.3 is 30.0 Å². The summed E-state index contributed by atoms with van der Waals surface area (Å²) in [5.74, 6) is -5.86. The molecular formula is C36H30ClF6N9O4. The second kappa shape index (κ2) is 17.5. The predicted octanol–water partition coefficient (Wildman–Crippen LogP) is 7.50. The maximum absolute atomic E-state index is 13.2. The Labute approximate surface area is 319 Å². The molecule has 0 aliphatic carbocycles. The van der Waals surface area contributed by atoms with Gasteiger partial charge in [0.25, 0.3) is 0 Å². The van der Waals surface area contributed by atoms with Crippen molar-refractivity contribution in [3.05, 3.63) is 88.8 Å². The zero-order valence-electron chi connectivity index (χ0n) is 28.9. The highest BCUT2D eigenvalue weighted by Gasteiger charge is 2.54. The molecule has 0 spiro atoms. The number of nitriles is 1. The van der Waals surface area contributed by atoms with Crippen molar-refractivity contribution in [1.82, 2.24) is 19.9 Å². The molecule has 6 bridgehead atoms. The smallest absolute Gasteiger partial charge is 0.339 e. The topological polar surface area (TPSA) is 182 Å². The third-order valence-electron chi connectivity index (χ3n) is 8.51. The summed E-state index contributed by atoms with van der Waals surface area (Å²) in [6.45, 7) is 1.08. The molecule has 2 aromatic carbocycles. The van der Waals surface area contributed by atoms with Gasteiger partial charge in [-0.05, 0) is 79.1 Å². The van der Waals surface area contributed by atoms with Crippen molar-refractivity contribution in [2.24, 2.45) is 5.92 Å². The third kappa shape index (κ3) is 10.9. The number of para-hydroxylation sites is 1. The third-order valence-corrected chi connectivity index (χ3v) is 8.78. The Bertz CT molecular complexity index is 2150. The molecule has 4 N–H and O–H groups in total. The minimum absolute atomic E-state index is 0.0629. The zero-order chi connectivity index (χ0) is 40.6. The summed E-state index contributed by atoms with van der Waals surface area (Å²) < 4.78 is 67.0. The van der Waals surface area contributed by atoms with Crippen molar-refractivity contribution in [2.75, 3.05) is 34.4 Å². The number of hydrogen-bond donors (Lipinski definition) is 4. The van der Waals surface area contributed by atoms with E-state index in [2.05, 4.69) is 42.3 Å². The summed E-state index contributed by atoms with van der Waals surface area (Å²) in [6, 6.07) is 16.6. The van der Waals surface area contributed by atoms with Crippen LogP contribution in [0.25, 0.3) is 0 Å². The first kappa shape index (κ1) is 40.9. The van der Waals surface area contributed by atoms with Crippen molar-refractivity contribution in [2.45, 2.75) is 44.5 Å². The molecule has 13 nitrogen and oxygen atoms in total. The maximum Gasteiger partial charge on any atom is 0.458 e. The molecule has 4 aromatic rings. The maximum atomic E-state index is 13.2. The Kier molecular flexibility index (Phi) is 12.7. The Morgan fingerprint density at radius 1 is 0.857 bits per heavy atom. The molecule has 0 saturated carbocycles. The standard InChI is InChI=1S/C32H30ClN9O2.C4F6O2/c33-26-19-36-31-38-25-13-21(17-35-18-25)5-6-22-15-24(37-30(26)41-31)7-8-28(22)39-29(43)14-20-9-11-42(12-10-20)32(44)40-27-4-2-1-3-23(27)16-34;5-3(6,7)1(11)2(12)4(8,9)10/h1-4,7-8,13,15,17-20H,5-6,9-12,14H2,(H,39,43)(H,40,44)(H2,36,37,38,41);. The molecule has 56 heavy (non-hydrogen) atoms. The van der Waals surface area contributed by atoms with Crippen LogP contribution in [-0.4, -0.2) is 68.8 Å². The first-order valence-corrected chi connectivity index (χ1v) is 17.1. The number of anilines is 6. The lowest BCUT2D eigenvalue weighted by atomic mass is 9.93. The van der Waals surface area contributed by atoms with Gasteiger partial charge in [0.15, 0.2) is 5.82 Å². The largest absolute Gasteiger partial charge is 0.458 e. The summed E-state index contributed by atoms with van der Waals surface area (Å²) in [6.07, 6.45) is -3.27. The number of rotatable bonds is 5. The number of carbonyl (C=O) groups excluding carboxylic acids is 4. The number of piperidine rings is 1. The molecule has 0 radical (unpaired) electrons. The number of nitrogens with one attached hydrogen (secondary N) is 4. The Balaban J connectivity index is 0.000000433. The molecule has 20 heteroatoms. The fourth-order valence-corrected chi connectivity index (χ4v) is 5.84. The predicted molar refractivity (Wildman–Crippen MR) is 192 cm³/mol. The van der Waals surface area contributed by atoms with E-state index in [1.165, 1.54) is 6.20 Å². The van der Waals surface area contributed by atoms with Crippen molar-refractivity contribution in [3.63, 3.8) is 0 Å². The number of aryl methyl sites for hydroxylation is 2. The number of amides is 3. The molecule has 292 valence electrons. The van der Waals surface area contributed by atoms with Gasteiger partial charge in [0.2, 0.25) is 11.9 Å². The van der Waals surface area contributed by atoms with E-state index in [4.69, 9.17) is 11.6 Å². The fourth-order valence-electron chi connectivity index (χ4n) is 5.70. The fraction of sp³-hybridized carbons (Fsp3) is 0.278. The van der Waals surface area contributed by atoms with E-state index in [1.807, 2.05) is 30.5 Å². The first-order valence-electron chi connectivity index (χ1n) is 16.7. The van der Waals surface area contributed by atoms with Gasteiger partial charge in [0, 0.05) is 37.1 Å². The van der Waals surface area contributed by atoms with Crippen molar-refractivity contribution in [3.8, 4) is 6.07 Å². The quantitative estimate of drug-likeness (QED) is 0.117. The number of urea groups is 1. The SMILES string of the molecule is N#Cc1ccccc1NC(=O)N1CCC(CC(=O)Nc2ccc3cc2CCc2cncc(c2)Nc2ncc(Cl)c(n2)N3)CC1.O=C(C(=O)C(F)(F)F)C(F)(F)F. The number of pyridine rings is 1. The van der Waals surface area contributed by atoms with Gasteiger partial charge in [0.1, 0.15) is 11.1 Å². The Morgan fingerprint density at radius 2 is 1.55 bits per heavy atom. The lowest BCUT2D eigenvalue weighted by Crippen LogP contribution is -2.41. The van der Waals surface area contributed by atoms with Crippen molar-refractivity contribution >= 4 is 69.6 Å². The van der Waals surface area contributed by atoms with E-state index in [1.54, 1.807) is 35.4 Å². The van der Waals surface area contributed by atoms with E-state index in [-0.39, 0.29) is 17.9 Å². The van der Waals surface area contributed by atoms with E-state index in [0.717, 1.165) is 41.0 Å². The highest BCUT2D eigenvalue weighted by atomic mass is 35.5. The second-order valence-electron chi connectivity index (χ2n) is 12.5. The summed E-state index contributed by atoms with van der Waals surface area (Å²) in [5.41, 5.74) is 5.23. The minimum atomic E-state index is -5.77. The number of aromatic nitrogens is 3.